The number of hydrogen-bond acceptors (Lipinski definition) is 4. The molecule has 0 aliphatic carbocycles. The Labute approximate surface area is 162 Å². The van der Waals surface area contributed by atoms with Crippen molar-refractivity contribution in [2.24, 2.45) is 0 Å². The van der Waals surface area contributed by atoms with Crippen molar-refractivity contribution in [3.63, 3.8) is 0 Å². The monoisotopic (exact) mass is 442 g/mol. The van der Waals surface area contributed by atoms with Crippen molar-refractivity contribution in [2.75, 3.05) is 0 Å². The van der Waals surface area contributed by atoms with Crippen molar-refractivity contribution in [2.45, 2.75) is 49.8 Å². The number of hydrogen-bond donors (Lipinski definition) is 2. The molecule has 0 saturated carbocycles. The number of rotatable bonds is 2. The van der Waals surface area contributed by atoms with Crippen LogP contribution >= 0.6 is 0 Å². The first-order valence-corrected chi connectivity index (χ1v) is 9.46. The Morgan fingerprint density at radius 1 is 0.655 bits per heavy atom. The van der Waals surface area contributed by atoms with Gasteiger partial charge in [0.05, 0.1) is 20.9 Å². The lowest BCUT2D eigenvalue weighted by Crippen LogP contribution is -2.20. The summed E-state index contributed by atoms with van der Waals surface area (Å²) in [5.74, 6) is -1.65. The highest BCUT2D eigenvalue weighted by Crippen LogP contribution is 2.46. The lowest BCUT2D eigenvalue weighted by atomic mass is 10.0. The lowest BCUT2D eigenvalue weighted by Gasteiger charge is -2.22. The molecule has 29 heavy (non-hydrogen) atoms. The van der Waals surface area contributed by atoms with Crippen LogP contribution in [0.2, 0.25) is 0 Å². The van der Waals surface area contributed by atoms with Gasteiger partial charge in [0.15, 0.2) is 0 Å². The van der Waals surface area contributed by atoms with Gasteiger partial charge in [-0.25, -0.2) is 8.42 Å². The fourth-order valence-corrected chi connectivity index (χ4v) is 4.83. The van der Waals surface area contributed by atoms with E-state index in [9.17, 15) is 45.0 Å². The highest BCUT2D eigenvalue weighted by atomic mass is 32.2. The van der Waals surface area contributed by atoms with Crippen molar-refractivity contribution in [1.29, 1.82) is 0 Å². The van der Waals surface area contributed by atoms with Gasteiger partial charge >= 0.3 is 12.4 Å². The molecule has 4 nitrogen and oxygen atoms in total. The zero-order chi connectivity index (χ0) is 22.7. The van der Waals surface area contributed by atoms with E-state index in [2.05, 4.69) is 0 Å². The third-order valence-corrected chi connectivity index (χ3v) is 6.62. The van der Waals surface area contributed by atoms with E-state index in [1.54, 1.807) is 0 Å². The first-order chi connectivity index (χ1) is 12.9. The Balaban J connectivity index is 3.08. The first-order valence-electron chi connectivity index (χ1n) is 7.98. The van der Waals surface area contributed by atoms with Crippen LogP contribution in [0, 0.1) is 27.7 Å². The van der Waals surface area contributed by atoms with Gasteiger partial charge in [-0.2, -0.15) is 26.3 Å². The minimum Gasteiger partial charge on any atom is -0.508 e. The summed E-state index contributed by atoms with van der Waals surface area (Å²) >= 11 is 0. The highest BCUT2D eigenvalue weighted by molar-refractivity contribution is 7.91. The molecular formula is C18H16F6O4S. The van der Waals surface area contributed by atoms with Crippen molar-refractivity contribution in [3.8, 4) is 11.5 Å². The summed E-state index contributed by atoms with van der Waals surface area (Å²) in [5.41, 5.74) is -5.18. The van der Waals surface area contributed by atoms with E-state index >= 15 is 0 Å². The van der Waals surface area contributed by atoms with Gasteiger partial charge in [0.1, 0.15) is 11.5 Å². The Hall–Kier alpha value is -2.43. The van der Waals surface area contributed by atoms with Gasteiger partial charge in [0.25, 0.3) is 0 Å². The standard InChI is InChI=1S/C18H16F6O4S/c1-7-9(3)15(17(19,20)21)13(5-11(7)25)29(27,28)14-6-12(26)8(2)10(4)16(14)18(22,23)24/h5-6,25-26H,1-4H3. The topological polar surface area (TPSA) is 74.6 Å². The van der Waals surface area contributed by atoms with Crippen LogP contribution in [0.1, 0.15) is 33.4 Å². The van der Waals surface area contributed by atoms with Crippen LogP contribution in [0.25, 0.3) is 0 Å². The zero-order valence-electron chi connectivity index (χ0n) is 15.5. The molecule has 2 aromatic rings. The summed E-state index contributed by atoms with van der Waals surface area (Å²) in [6.45, 7) is 4.03. The molecule has 0 heterocycles. The first kappa shape index (κ1) is 22.9. The molecular weight excluding hydrogens is 426 g/mol. The Morgan fingerprint density at radius 2 is 0.931 bits per heavy atom. The molecule has 0 amide bonds. The predicted molar refractivity (Wildman–Crippen MR) is 90.6 cm³/mol. The molecule has 11 heteroatoms. The normalized spacial score (nSPS) is 13.0. The summed E-state index contributed by atoms with van der Waals surface area (Å²) in [7, 11) is -5.45. The van der Waals surface area contributed by atoms with E-state index < -0.39 is 65.7 Å². The van der Waals surface area contributed by atoms with Crippen LogP contribution in [0.5, 0.6) is 11.5 Å². The fraction of sp³-hybridized carbons (Fsp3) is 0.333. The number of benzene rings is 2. The molecule has 0 bridgehead atoms. The number of aromatic hydroxyl groups is 2. The molecule has 0 unspecified atom stereocenters. The molecule has 160 valence electrons. The Kier molecular flexibility index (Phi) is 5.38. The molecule has 2 N–H and O–H groups in total. The van der Waals surface area contributed by atoms with E-state index in [-0.39, 0.29) is 23.3 Å². The lowest BCUT2D eigenvalue weighted by molar-refractivity contribution is -0.140. The molecule has 0 saturated heterocycles. The van der Waals surface area contributed by atoms with Gasteiger partial charge < -0.3 is 10.2 Å². The molecule has 0 fully saturated rings. The van der Waals surface area contributed by atoms with Gasteiger partial charge in [-0.1, -0.05) is 0 Å². The molecule has 0 aliphatic rings. The maximum Gasteiger partial charge on any atom is 0.417 e. The zero-order valence-corrected chi connectivity index (χ0v) is 16.4. The number of phenolic OH excluding ortho intramolecular Hbond substituents is 2. The smallest absolute Gasteiger partial charge is 0.417 e. The molecule has 0 aliphatic heterocycles. The maximum atomic E-state index is 13.6. The third-order valence-electron chi connectivity index (χ3n) is 4.82. The number of halogens is 6. The molecule has 2 rings (SSSR count). The van der Waals surface area contributed by atoms with Gasteiger partial charge in [-0.15, -0.1) is 0 Å². The highest BCUT2D eigenvalue weighted by Gasteiger charge is 2.45. The van der Waals surface area contributed by atoms with Crippen molar-refractivity contribution >= 4 is 9.84 Å². The van der Waals surface area contributed by atoms with Crippen molar-refractivity contribution in [1.82, 2.24) is 0 Å². The maximum absolute atomic E-state index is 13.6. The SMILES string of the molecule is Cc1c(O)cc(S(=O)(=O)c2cc(O)c(C)c(C)c2C(F)(F)F)c(C(F)(F)F)c1C. The van der Waals surface area contributed by atoms with Crippen LogP contribution in [-0.2, 0) is 22.2 Å². The predicted octanol–water partition coefficient (Wildman–Crippen LogP) is 5.20. The second kappa shape index (κ2) is 6.82. The molecule has 2 aromatic carbocycles. The van der Waals surface area contributed by atoms with E-state index in [4.69, 9.17) is 0 Å². The van der Waals surface area contributed by atoms with E-state index in [0.29, 0.717) is 0 Å². The van der Waals surface area contributed by atoms with Crippen molar-refractivity contribution < 1.29 is 45.0 Å². The summed E-state index contributed by atoms with van der Waals surface area (Å²) < 4.78 is 108. The summed E-state index contributed by atoms with van der Waals surface area (Å²) in [4.78, 5) is -3.06. The molecule has 0 atom stereocenters. The van der Waals surface area contributed by atoms with Gasteiger partial charge in [0.2, 0.25) is 9.84 Å². The average molecular weight is 442 g/mol. The van der Waals surface area contributed by atoms with Crippen LogP contribution in [0.3, 0.4) is 0 Å². The molecule has 0 aromatic heterocycles. The molecule has 0 spiro atoms. The third kappa shape index (κ3) is 3.75. The number of sulfone groups is 1. The summed E-state index contributed by atoms with van der Waals surface area (Å²) in [6, 6.07) is 0.541. The average Bonchev–Trinajstić information content (AvgIpc) is 2.54. The summed E-state index contributed by atoms with van der Waals surface area (Å²) in [6.07, 6.45) is -10.5. The van der Waals surface area contributed by atoms with Gasteiger partial charge in [0, 0.05) is 0 Å². The Bertz CT molecular complexity index is 1020. The number of alkyl halides is 6. The van der Waals surface area contributed by atoms with Gasteiger partial charge in [-0.05, 0) is 62.1 Å². The van der Waals surface area contributed by atoms with Crippen LogP contribution < -0.4 is 0 Å². The summed E-state index contributed by atoms with van der Waals surface area (Å²) in [5, 5.41) is 19.7. The van der Waals surface area contributed by atoms with Gasteiger partial charge in [-0.3, -0.25) is 0 Å². The van der Waals surface area contributed by atoms with E-state index in [0.717, 1.165) is 27.7 Å². The minimum absolute atomic E-state index is 0.268. The quantitative estimate of drug-likeness (QED) is 0.627. The number of phenols is 2. The molecule has 0 radical (unpaired) electrons. The Morgan fingerprint density at radius 3 is 1.17 bits per heavy atom. The van der Waals surface area contributed by atoms with Crippen molar-refractivity contribution in [3.05, 3.63) is 45.5 Å². The van der Waals surface area contributed by atoms with E-state index in [1.807, 2.05) is 0 Å². The fourth-order valence-electron chi connectivity index (χ4n) is 2.98. The largest absolute Gasteiger partial charge is 0.508 e. The minimum atomic E-state index is -5.45. The van der Waals surface area contributed by atoms with Crippen LogP contribution in [0.15, 0.2) is 21.9 Å². The second-order valence-corrected chi connectivity index (χ2v) is 8.42. The van der Waals surface area contributed by atoms with Crippen LogP contribution in [0.4, 0.5) is 26.3 Å². The van der Waals surface area contributed by atoms with E-state index in [1.165, 1.54) is 0 Å². The second-order valence-electron chi connectivity index (χ2n) is 6.54. The van der Waals surface area contributed by atoms with Crippen LogP contribution in [-0.4, -0.2) is 18.6 Å².